The second-order valence-electron chi connectivity index (χ2n) is 5.70. The SMILES string of the molecule is CC(C)NCC(=O)c1ccc(OC(C)(C)C)cc1. The Balaban J connectivity index is 2.62. The second kappa shape index (κ2) is 6.01. The van der Waals surface area contributed by atoms with Gasteiger partial charge in [0.2, 0.25) is 0 Å². The van der Waals surface area contributed by atoms with Crippen molar-refractivity contribution >= 4 is 5.78 Å². The monoisotopic (exact) mass is 249 g/mol. The molecule has 1 aromatic carbocycles. The van der Waals surface area contributed by atoms with E-state index in [1.54, 1.807) is 0 Å². The lowest BCUT2D eigenvalue weighted by Gasteiger charge is -2.21. The Hall–Kier alpha value is -1.35. The van der Waals surface area contributed by atoms with Gasteiger partial charge in [-0.25, -0.2) is 0 Å². The number of hydrogen-bond acceptors (Lipinski definition) is 3. The third kappa shape index (κ3) is 5.32. The molecule has 1 rings (SSSR count). The van der Waals surface area contributed by atoms with Crippen LogP contribution >= 0.6 is 0 Å². The molecule has 100 valence electrons. The summed E-state index contributed by atoms with van der Waals surface area (Å²) in [6, 6.07) is 7.62. The summed E-state index contributed by atoms with van der Waals surface area (Å²) in [4.78, 5) is 11.8. The molecule has 0 unspecified atom stereocenters. The summed E-state index contributed by atoms with van der Waals surface area (Å²) < 4.78 is 5.71. The van der Waals surface area contributed by atoms with Crippen molar-refractivity contribution in [1.82, 2.24) is 5.32 Å². The van der Waals surface area contributed by atoms with E-state index in [9.17, 15) is 4.79 Å². The smallest absolute Gasteiger partial charge is 0.176 e. The van der Waals surface area contributed by atoms with Crippen LogP contribution in [-0.2, 0) is 0 Å². The van der Waals surface area contributed by atoms with Gasteiger partial charge in [0.25, 0.3) is 0 Å². The first-order valence-corrected chi connectivity index (χ1v) is 6.33. The topological polar surface area (TPSA) is 38.3 Å². The zero-order valence-corrected chi connectivity index (χ0v) is 11.9. The van der Waals surface area contributed by atoms with Crippen LogP contribution in [0.15, 0.2) is 24.3 Å². The first-order valence-electron chi connectivity index (χ1n) is 6.33. The summed E-state index contributed by atoms with van der Waals surface area (Å²) >= 11 is 0. The molecule has 0 fully saturated rings. The van der Waals surface area contributed by atoms with Gasteiger partial charge in [0.15, 0.2) is 5.78 Å². The Morgan fingerprint density at radius 3 is 2.22 bits per heavy atom. The summed E-state index contributed by atoms with van der Waals surface area (Å²) in [5.41, 5.74) is 0.495. The van der Waals surface area contributed by atoms with E-state index in [-0.39, 0.29) is 11.4 Å². The lowest BCUT2D eigenvalue weighted by molar-refractivity contribution is 0.0988. The van der Waals surface area contributed by atoms with Crippen LogP contribution < -0.4 is 10.1 Å². The second-order valence-corrected chi connectivity index (χ2v) is 5.70. The quantitative estimate of drug-likeness (QED) is 0.815. The van der Waals surface area contributed by atoms with Crippen molar-refractivity contribution in [3.63, 3.8) is 0 Å². The van der Waals surface area contributed by atoms with Crippen molar-refractivity contribution in [1.29, 1.82) is 0 Å². The third-order valence-electron chi connectivity index (χ3n) is 2.27. The average molecular weight is 249 g/mol. The average Bonchev–Trinajstić information content (AvgIpc) is 2.24. The van der Waals surface area contributed by atoms with Crippen LogP contribution in [0.1, 0.15) is 45.0 Å². The number of benzene rings is 1. The summed E-state index contributed by atoms with van der Waals surface area (Å²) in [5, 5.41) is 3.12. The van der Waals surface area contributed by atoms with Crippen LogP contribution in [0.3, 0.4) is 0 Å². The van der Waals surface area contributed by atoms with Gasteiger partial charge >= 0.3 is 0 Å². The molecule has 0 heterocycles. The maximum absolute atomic E-state index is 11.8. The van der Waals surface area contributed by atoms with Crippen LogP contribution in [0.25, 0.3) is 0 Å². The van der Waals surface area contributed by atoms with E-state index in [1.807, 2.05) is 58.9 Å². The highest BCUT2D eigenvalue weighted by atomic mass is 16.5. The van der Waals surface area contributed by atoms with Crippen molar-refractivity contribution in [2.75, 3.05) is 6.54 Å². The number of ketones is 1. The molecule has 18 heavy (non-hydrogen) atoms. The Morgan fingerprint density at radius 2 is 1.78 bits per heavy atom. The van der Waals surface area contributed by atoms with Crippen LogP contribution in [0.5, 0.6) is 5.75 Å². The van der Waals surface area contributed by atoms with Crippen molar-refractivity contribution in [3.8, 4) is 5.75 Å². The number of Topliss-reactive ketones (excluding diaryl/α,β-unsaturated/α-hetero) is 1. The summed E-state index contributed by atoms with van der Waals surface area (Å²) in [5.74, 6) is 0.891. The van der Waals surface area contributed by atoms with Crippen molar-refractivity contribution in [3.05, 3.63) is 29.8 Å². The minimum Gasteiger partial charge on any atom is -0.488 e. The standard InChI is InChI=1S/C15H23NO2/c1-11(2)16-10-14(17)12-6-8-13(9-7-12)18-15(3,4)5/h6-9,11,16H,10H2,1-5H3. The summed E-state index contributed by atoms with van der Waals surface area (Å²) in [6.45, 7) is 10.4. The van der Waals surface area contributed by atoms with E-state index < -0.39 is 0 Å². The number of hydrogen-bond donors (Lipinski definition) is 1. The maximum Gasteiger partial charge on any atom is 0.176 e. The molecule has 0 atom stereocenters. The first-order chi connectivity index (χ1) is 8.28. The Bertz CT molecular complexity index is 388. The molecular formula is C15H23NO2. The number of rotatable bonds is 5. The van der Waals surface area contributed by atoms with Crippen molar-refractivity contribution in [2.45, 2.75) is 46.3 Å². The van der Waals surface area contributed by atoms with Crippen molar-refractivity contribution in [2.24, 2.45) is 0 Å². The Kier molecular flexibility index (Phi) is 4.91. The molecule has 0 aliphatic rings. The van der Waals surface area contributed by atoms with Gasteiger partial charge in [-0.3, -0.25) is 4.79 Å². The minimum atomic E-state index is -0.218. The number of ether oxygens (including phenoxy) is 1. The molecule has 0 saturated heterocycles. The van der Waals surface area contributed by atoms with Gasteiger partial charge in [-0.05, 0) is 45.0 Å². The van der Waals surface area contributed by atoms with E-state index in [2.05, 4.69) is 5.32 Å². The molecular weight excluding hydrogens is 226 g/mol. The summed E-state index contributed by atoms with van der Waals surface area (Å²) in [6.07, 6.45) is 0. The fraction of sp³-hybridized carbons (Fsp3) is 0.533. The lowest BCUT2D eigenvalue weighted by Crippen LogP contribution is -2.29. The molecule has 0 radical (unpaired) electrons. The number of carbonyl (C=O) groups is 1. The van der Waals surface area contributed by atoms with Crippen LogP contribution in [0.4, 0.5) is 0 Å². The molecule has 1 N–H and O–H groups in total. The number of carbonyl (C=O) groups excluding carboxylic acids is 1. The molecule has 3 heteroatoms. The van der Waals surface area contributed by atoms with E-state index in [0.717, 1.165) is 5.75 Å². The molecule has 0 amide bonds. The molecule has 0 saturated carbocycles. The highest BCUT2D eigenvalue weighted by Gasteiger charge is 2.12. The van der Waals surface area contributed by atoms with E-state index in [1.165, 1.54) is 0 Å². The first kappa shape index (κ1) is 14.7. The van der Waals surface area contributed by atoms with E-state index >= 15 is 0 Å². The zero-order valence-electron chi connectivity index (χ0n) is 11.9. The van der Waals surface area contributed by atoms with E-state index in [4.69, 9.17) is 4.74 Å². The fourth-order valence-corrected chi connectivity index (χ4v) is 1.46. The van der Waals surface area contributed by atoms with Gasteiger partial charge in [0.1, 0.15) is 11.4 Å². The predicted octanol–water partition coefficient (Wildman–Crippen LogP) is 3.04. The zero-order chi connectivity index (χ0) is 13.8. The highest BCUT2D eigenvalue weighted by Crippen LogP contribution is 2.18. The van der Waals surface area contributed by atoms with E-state index in [0.29, 0.717) is 18.2 Å². The Labute approximate surface area is 110 Å². The van der Waals surface area contributed by atoms with Crippen LogP contribution in [-0.4, -0.2) is 24.0 Å². The van der Waals surface area contributed by atoms with Gasteiger partial charge in [-0.2, -0.15) is 0 Å². The largest absolute Gasteiger partial charge is 0.488 e. The van der Waals surface area contributed by atoms with Gasteiger partial charge in [0, 0.05) is 11.6 Å². The molecule has 0 aliphatic carbocycles. The number of nitrogens with one attached hydrogen (secondary N) is 1. The third-order valence-corrected chi connectivity index (χ3v) is 2.27. The maximum atomic E-state index is 11.8. The van der Waals surface area contributed by atoms with Gasteiger partial charge in [0.05, 0.1) is 6.54 Å². The molecule has 0 spiro atoms. The highest BCUT2D eigenvalue weighted by molar-refractivity contribution is 5.97. The normalized spacial score (nSPS) is 11.7. The lowest BCUT2D eigenvalue weighted by atomic mass is 10.1. The molecule has 0 aliphatic heterocycles. The Morgan fingerprint density at radius 1 is 1.22 bits per heavy atom. The fourth-order valence-electron chi connectivity index (χ4n) is 1.46. The van der Waals surface area contributed by atoms with Gasteiger partial charge < -0.3 is 10.1 Å². The van der Waals surface area contributed by atoms with Crippen LogP contribution in [0.2, 0.25) is 0 Å². The summed E-state index contributed by atoms with van der Waals surface area (Å²) in [7, 11) is 0. The molecule has 0 bridgehead atoms. The molecule has 3 nitrogen and oxygen atoms in total. The van der Waals surface area contributed by atoms with Crippen LogP contribution in [0, 0.1) is 0 Å². The predicted molar refractivity (Wildman–Crippen MR) is 74.3 cm³/mol. The molecule has 0 aromatic heterocycles. The molecule has 1 aromatic rings. The van der Waals surface area contributed by atoms with Gasteiger partial charge in [-0.15, -0.1) is 0 Å². The van der Waals surface area contributed by atoms with Gasteiger partial charge in [-0.1, -0.05) is 13.8 Å². The van der Waals surface area contributed by atoms with Crippen molar-refractivity contribution < 1.29 is 9.53 Å². The minimum absolute atomic E-state index is 0.103.